The Morgan fingerprint density at radius 2 is 2.00 bits per heavy atom. The summed E-state index contributed by atoms with van der Waals surface area (Å²) in [6.07, 6.45) is 3.91. The zero-order valence-corrected chi connectivity index (χ0v) is 9.36. The molecule has 0 aliphatic carbocycles. The van der Waals surface area contributed by atoms with E-state index >= 15 is 0 Å². The summed E-state index contributed by atoms with van der Waals surface area (Å²) in [6.45, 7) is 3.52. The lowest BCUT2D eigenvalue weighted by molar-refractivity contribution is 0.340. The van der Waals surface area contributed by atoms with Gasteiger partial charge in [0.05, 0.1) is 6.61 Å². The van der Waals surface area contributed by atoms with Crippen molar-refractivity contribution < 1.29 is 4.74 Å². The van der Waals surface area contributed by atoms with Crippen LogP contribution in [-0.4, -0.2) is 11.6 Å². The summed E-state index contributed by atoms with van der Waals surface area (Å²) < 4.78 is 5.38. The van der Waals surface area contributed by atoms with Crippen LogP contribution in [0.15, 0.2) is 42.7 Å². The van der Waals surface area contributed by atoms with Crippen molar-refractivity contribution in [3.63, 3.8) is 0 Å². The standard InChI is InChI=1S/C13H16N2O/c1-2-16-13-5-3-12(4-6-13)15-10-11-7-8-14-9-11/h3-9,14-15H,2,10H2,1H3. The van der Waals surface area contributed by atoms with Crippen LogP contribution in [-0.2, 0) is 6.54 Å². The molecule has 0 saturated heterocycles. The molecule has 2 rings (SSSR count). The van der Waals surface area contributed by atoms with Crippen molar-refractivity contribution in [3.05, 3.63) is 48.3 Å². The molecule has 84 valence electrons. The maximum absolute atomic E-state index is 5.38. The molecule has 0 aliphatic heterocycles. The lowest BCUT2D eigenvalue weighted by atomic mass is 10.3. The topological polar surface area (TPSA) is 37.0 Å². The Labute approximate surface area is 95.5 Å². The fourth-order valence-electron chi connectivity index (χ4n) is 1.51. The molecule has 0 aliphatic rings. The van der Waals surface area contributed by atoms with Crippen LogP contribution in [0.1, 0.15) is 12.5 Å². The van der Waals surface area contributed by atoms with Gasteiger partial charge in [-0.25, -0.2) is 0 Å². The Kier molecular flexibility index (Phi) is 3.49. The summed E-state index contributed by atoms with van der Waals surface area (Å²) in [5, 5.41) is 3.34. The monoisotopic (exact) mass is 216 g/mol. The number of aromatic nitrogens is 1. The lowest BCUT2D eigenvalue weighted by Gasteiger charge is -2.06. The van der Waals surface area contributed by atoms with E-state index in [1.165, 1.54) is 5.56 Å². The van der Waals surface area contributed by atoms with Crippen molar-refractivity contribution in [3.8, 4) is 5.75 Å². The largest absolute Gasteiger partial charge is 0.494 e. The van der Waals surface area contributed by atoms with E-state index in [0.717, 1.165) is 18.0 Å². The number of rotatable bonds is 5. The Hall–Kier alpha value is -1.90. The molecule has 0 amide bonds. The first kappa shape index (κ1) is 10.6. The first-order chi connectivity index (χ1) is 7.88. The molecule has 0 bridgehead atoms. The molecule has 1 heterocycles. The number of hydrogen-bond donors (Lipinski definition) is 2. The zero-order chi connectivity index (χ0) is 11.2. The van der Waals surface area contributed by atoms with Crippen molar-refractivity contribution in [2.75, 3.05) is 11.9 Å². The number of nitrogens with one attached hydrogen (secondary N) is 2. The molecule has 2 N–H and O–H groups in total. The molecule has 2 aromatic rings. The third kappa shape index (κ3) is 2.79. The van der Waals surface area contributed by atoms with Gasteiger partial charge in [0, 0.05) is 24.6 Å². The minimum Gasteiger partial charge on any atom is -0.494 e. The first-order valence-corrected chi connectivity index (χ1v) is 5.47. The first-order valence-electron chi connectivity index (χ1n) is 5.47. The second-order valence-corrected chi connectivity index (χ2v) is 3.53. The summed E-state index contributed by atoms with van der Waals surface area (Å²) in [7, 11) is 0. The van der Waals surface area contributed by atoms with Crippen LogP contribution < -0.4 is 10.1 Å². The highest BCUT2D eigenvalue weighted by atomic mass is 16.5. The molecular weight excluding hydrogens is 200 g/mol. The summed E-state index contributed by atoms with van der Waals surface area (Å²) in [5.41, 5.74) is 2.35. The molecule has 3 nitrogen and oxygen atoms in total. The van der Waals surface area contributed by atoms with Crippen molar-refractivity contribution in [1.29, 1.82) is 0 Å². The van der Waals surface area contributed by atoms with Gasteiger partial charge in [0.15, 0.2) is 0 Å². The molecule has 0 unspecified atom stereocenters. The minimum atomic E-state index is 0.704. The van der Waals surface area contributed by atoms with Gasteiger partial charge < -0.3 is 15.0 Å². The lowest BCUT2D eigenvalue weighted by Crippen LogP contribution is -1.98. The number of benzene rings is 1. The normalized spacial score (nSPS) is 10.1. The molecule has 0 spiro atoms. The number of H-pyrrole nitrogens is 1. The van der Waals surface area contributed by atoms with Gasteiger partial charge in [0.2, 0.25) is 0 Å². The Morgan fingerprint density at radius 3 is 2.62 bits per heavy atom. The summed E-state index contributed by atoms with van der Waals surface area (Å²) in [6, 6.07) is 10.1. The van der Waals surface area contributed by atoms with Gasteiger partial charge in [-0.2, -0.15) is 0 Å². The quantitative estimate of drug-likeness (QED) is 0.806. The van der Waals surface area contributed by atoms with Gasteiger partial charge in [0.1, 0.15) is 5.75 Å². The maximum atomic E-state index is 5.38. The van der Waals surface area contributed by atoms with Crippen LogP contribution in [0.25, 0.3) is 0 Å². The average Bonchev–Trinajstić information content (AvgIpc) is 2.82. The van der Waals surface area contributed by atoms with Gasteiger partial charge in [-0.3, -0.25) is 0 Å². The van der Waals surface area contributed by atoms with Gasteiger partial charge >= 0.3 is 0 Å². The fourth-order valence-corrected chi connectivity index (χ4v) is 1.51. The molecular formula is C13H16N2O. The average molecular weight is 216 g/mol. The van der Waals surface area contributed by atoms with Gasteiger partial charge in [0.25, 0.3) is 0 Å². The van der Waals surface area contributed by atoms with E-state index < -0.39 is 0 Å². The van der Waals surface area contributed by atoms with Crippen molar-refractivity contribution >= 4 is 5.69 Å². The Bertz CT molecular complexity index is 406. The predicted molar refractivity (Wildman–Crippen MR) is 65.7 cm³/mol. The van der Waals surface area contributed by atoms with E-state index in [1.54, 1.807) is 0 Å². The predicted octanol–water partition coefficient (Wildman–Crippen LogP) is 3.03. The van der Waals surface area contributed by atoms with E-state index in [0.29, 0.717) is 6.61 Å². The molecule has 0 radical (unpaired) electrons. The zero-order valence-electron chi connectivity index (χ0n) is 9.36. The molecule has 1 aromatic heterocycles. The molecule has 16 heavy (non-hydrogen) atoms. The van der Waals surface area contributed by atoms with Crippen LogP contribution in [0.4, 0.5) is 5.69 Å². The van der Waals surface area contributed by atoms with E-state index in [2.05, 4.69) is 16.4 Å². The second-order valence-electron chi connectivity index (χ2n) is 3.53. The van der Waals surface area contributed by atoms with Gasteiger partial charge in [-0.05, 0) is 42.8 Å². The number of aromatic amines is 1. The van der Waals surface area contributed by atoms with Gasteiger partial charge in [-0.15, -0.1) is 0 Å². The smallest absolute Gasteiger partial charge is 0.119 e. The van der Waals surface area contributed by atoms with Crippen molar-refractivity contribution in [2.45, 2.75) is 13.5 Å². The van der Waals surface area contributed by atoms with Crippen LogP contribution >= 0.6 is 0 Å². The van der Waals surface area contributed by atoms with Crippen molar-refractivity contribution in [2.24, 2.45) is 0 Å². The Morgan fingerprint density at radius 1 is 1.19 bits per heavy atom. The highest BCUT2D eigenvalue weighted by molar-refractivity contribution is 5.46. The van der Waals surface area contributed by atoms with Gasteiger partial charge in [-0.1, -0.05) is 0 Å². The number of anilines is 1. The maximum Gasteiger partial charge on any atom is 0.119 e. The van der Waals surface area contributed by atoms with Crippen LogP contribution in [0.3, 0.4) is 0 Å². The summed E-state index contributed by atoms with van der Waals surface area (Å²) in [4.78, 5) is 3.03. The van der Waals surface area contributed by atoms with Crippen molar-refractivity contribution in [1.82, 2.24) is 4.98 Å². The van der Waals surface area contributed by atoms with E-state index in [1.807, 2.05) is 43.6 Å². The molecule has 0 saturated carbocycles. The summed E-state index contributed by atoms with van der Waals surface area (Å²) in [5.74, 6) is 0.912. The second kappa shape index (κ2) is 5.26. The van der Waals surface area contributed by atoms with E-state index in [9.17, 15) is 0 Å². The molecule has 0 fully saturated rings. The van der Waals surface area contributed by atoms with Crippen LogP contribution in [0.5, 0.6) is 5.75 Å². The number of ether oxygens (including phenoxy) is 1. The molecule has 1 aromatic carbocycles. The van der Waals surface area contributed by atoms with Crippen LogP contribution in [0.2, 0.25) is 0 Å². The highest BCUT2D eigenvalue weighted by Gasteiger charge is 1.95. The third-order valence-corrected chi connectivity index (χ3v) is 2.32. The van der Waals surface area contributed by atoms with Crippen LogP contribution in [0, 0.1) is 0 Å². The number of hydrogen-bond acceptors (Lipinski definition) is 2. The fraction of sp³-hybridized carbons (Fsp3) is 0.231. The highest BCUT2D eigenvalue weighted by Crippen LogP contribution is 2.16. The minimum absolute atomic E-state index is 0.704. The molecule has 0 atom stereocenters. The third-order valence-electron chi connectivity index (χ3n) is 2.32. The Balaban J connectivity index is 1.90. The molecule has 3 heteroatoms. The van der Waals surface area contributed by atoms with E-state index in [-0.39, 0.29) is 0 Å². The summed E-state index contributed by atoms with van der Waals surface area (Å²) >= 11 is 0. The SMILES string of the molecule is CCOc1ccc(NCc2cc[nH]c2)cc1. The van der Waals surface area contributed by atoms with E-state index in [4.69, 9.17) is 4.74 Å².